The maximum Gasteiger partial charge on any atom is 0.323 e. The Kier molecular flexibility index (Phi) is 8.64. The first-order valence-electron chi connectivity index (χ1n) is 12.5. The standard InChI is InChI=1S/C30H30Cl2N2O5/c1-30(2,3)18-34-24-14-13-19(31)15-22(24)28(21-11-7-8-12-23(21)32)39-25(29(34)38)16-26(35)33(17-27(36)37)20-9-5-4-6-10-20/h4-15,25,28H,16-18H2,1-3H3,(H,36,37). The summed E-state index contributed by atoms with van der Waals surface area (Å²) in [7, 11) is 0. The number of benzene rings is 3. The van der Waals surface area contributed by atoms with Crippen molar-refractivity contribution >= 4 is 52.4 Å². The quantitative estimate of drug-likeness (QED) is 0.358. The fourth-order valence-corrected chi connectivity index (χ4v) is 5.02. The lowest BCUT2D eigenvalue weighted by Crippen LogP contribution is -2.46. The summed E-state index contributed by atoms with van der Waals surface area (Å²) in [5.41, 5.74) is 2.01. The van der Waals surface area contributed by atoms with Gasteiger partial charge in [-0.2, -0.15) is 0 Å². The Balaban J connectivity index is 1.81. The molecule has 39 heavy (non-hydrogen) atoms. The van der Waals surface area contributed by atoms with E-state index in [4.69, 9.17) is 27.9 Å². The third-order valence-electron chi connectivity index (χ3n) is 6.25. The van der Waals surface area contributed by atoms with Crippen molar-refractivity contribution in [1.82, 2.24) is 0 Å². The van der Waals surface area contributed by atoms with Gasteiger partial charge in [0.1, 0.15) is 18.8 Å². The van der Waals surface area contributed by atoms with Crippen molar-refractivity contribution in [2.45, 2.75) is 39.4 Å². The average molecular weight is 569 g/mol. The van der Waals surface area contributed by atoms with E-state index in [0.29, 0.717) is 39.1 Å². The van der Waals surface area contributed by atoms with Gasteiger partial charge in [0.15, 0.2) is 0 Å². The zero-order valence-corrected chi connectivity index (χ0v) is 23.4. The third-order valence-corrected chi connectivity index (χ3v) is 6.83. The minimum Gasteiger partial charge on any atom is -0.480 e. The Morgan fingerprint density at radius 1 is 0.974 bits per heavy atom. The van der Waals surface area contributed by atoms with E-state index >= 15 is 0 Å². The molecular formula is C30H30Cl2N2O5. The van der Waals surface area contributed by atoms with Crippen molar-refractivity contribution in [1.29, 1.82) is 0 Å². The SMILES string of the molecule is CC(C)(C)CN1C(=O)C(CC(=O)N(CC(=O)O)c2ccccc2)OC(c2ccccc2Cl)c2cc(Cl)ccc21. The molecule has 0 bridgehead atoms. The van der Waals surface area contributed by atoms with Gasteiger partial charge in [-0.05, 0) is 41.8 Å². The van der Waals surface area contributed by atoms with Crippen molar-refractivity contribution in [3.05, 3.63) is 94.0 Å². The van der Waals surface area contributed by atoms with Crippen LogP contribution in [0.4, 0.5) is 11.4 Å². The van der Waals surface area contributed by atoms with E-state index in [0.717, 1.165) is 4.90 Å². The highest BCUT2D eigenvalue weighted by atomic mass is 35.5. The molecule has 204 valence electrons. The van der Waals surface area contributed by atoms with Crippen LogP contribution in [0.25, 0.3) is 0 Å². The number of hydrogen-bond acceptors (Lipinski definition) is 4. The molecule has 9 heteroatoms. The van der Waals surface area contributed by atoms with Crippen LogP contribution in [-0.4, -0.2) is 42.1 Å². The molecule has 1 heterocycles. The molecule has 2 amide bonds. The van der Waals surface area contributed by atoms with E-state index in [1.54, 1.807) is 71.6 Å². The Labute approximate surface area is 237 Å². The Morgan fingerprint density at radius 2 is 1.64 bits per heavy atom. The molecule has 0 saturated carbocycles. The van der Waals surface area contributed by atoms with Crippen LogP contribution in [0.1, 0.15) is 44.4 Å². The summed E-state index contributed by atoms with van der Waals surface area (Å²) < 4.78 is 6.45. The Hall–Kier alpha value is -3.39. The molecule has 0 fully saturated rings. The number of carbonyl (C=O) groups excluding carboxylic acids is 2. The number of rotatable bonds is 7. The van der Waals surface area contributed by atoms with Gasteiger partial charge in [0.2, 0.25) is 5.91 Å². The van der Waals surface area contributed by atoms with Crippen molar-refractivity contribution in [2.24, 2.45) is 5.41 Å². The van der Waals surface area contributed by atoms with Crippen molar-refractivity contribution in [3.63, 3.8) is 0 Å². The molecule has 7 nitrogen and oxygen atoms in total. The minimum atomic E-state index is -1.22. The number of halogens is 2. The first kappa shape index (κ1) is 28.6. The largest absolute Gasteiger partial charge is 0.480 e. The third kappa shape index (κ3) is 6.79. The Bertz CT molecular complexity index is 1370. The van der Waals surface area contributed by atoms with E-state index in [1.165, 1.54) is 0 Å². The number of carbonyl (C=O) groups is 3. The van der Waals surface area contributed by atoms with Crippen LogP contribution < -0.4 is 9.80 Å². The highest BCUT2D eigenvalue weighted by Gasteiger charge is 2.40. The molecule has 1 aliphatic heterocycles. The van der Waals surface area contributed by atoms with Gasteiger partial charge < -0.3 is 19.6 Å². The maximum atomic E-state index is 14.1. The van der Waals surface area contributed by atoms with Crippen LogP contribution in [0.2, 0.25) is 10.0 Å². The van der Waals surface area contributed by atoms with E-state index in [9.17, 15) is 19.5 Å². The second-order valence-corrected chi connectivity index (χ2v) is 11.5. The number of carboxylic acid groups (broad SMARTS) is 1. The number of aliphatic carboxylic acids is 1. The first-order chi connectivity index (χ1) is 18.4. The number of anilines is 2. The zero-order valence-electron chi connectivity index (χ0n) is 21.9. The molecule has 1 N–H and O–H groups in total. The number of nitrogens with zero attached hydrogens (tertiary/aromatic N) is 2. The molecule has 0 saturated heterocycles. The molecule has 0 radical (unpaired) electrons. The maximum absolute atomic E-state index is 14.1. The van der Waals surface area contributed by atoms with Crippen molar-refractivity contribution < 1.29 is 24.2 Å². The van der Waals surface area contributed by atoms with Crippen LogP contribution in [0.5, 0.6) is 0 Å². The highest BCUT2D eigenvalue weighted by molar-refractivity contribution is 6.31. The van der Waals surface area contributed by atoms with Gasteiger partial charge in [0.25, 0.3) is 5.91 Å². The van der Waals surface area contributed by atoms with Gasteiger partial charge in [-0.15, -0.1) is 0 Å². The first-order valence-corrected chi connectivity index (χ1v) is 13.3. The van der Waals surface area contributed by atoms with Gasteiger partial charge in [-0.25, -0.2) is 0 Å². The van der Waals surface area contributed by atoms with Crippen LogP contribution in [-0.2, 0) is 19.1 Å². The summed E-state index contributed by atoms with van der Waals surface area (Å²) in [6.45, 7) is 5.83. The predicted octanol–water partition coefficient (Wildman–Crippen LogP) is 6.37. The zero-order chi connectivity index (χ0) is 28.3. The molecule has 1 aliphatic rings. The van der Waals surface area contributed by atoms with Gasteiger partial charge in [-0.3, -0.25) is 14.4 Å². The predicted molar refractivity (Wildman–Crippen MR) is 152 cm³/mol. The van der Waals surface area contributed by atoms with Crippen LogP contribution in [0, 0.1) is 5.41 Å². The van der Waals surface area contributed by atoms with Crippen molar-refractivity contribution in [2.75, 3.05) is 22.9 Å². The average Bonchev–Trinajstić information content (AvgIpc) is 2.97. The number of hydrogen-bond donors (Lipinski definition) is 1. The summed E-state index contributed by atoms with van der Waals surface area (Å²) in [6, 6.07) is 20.9. The minimum absolute atomic E-state index is 0.287. The molecule has 2 atom stereocenters. The van der Waals surface area contributed by atoms with Gasteiger partial charge >= 0.3 is 5.97 Å². The Morgan fingerprint density at radius 3 is 2.28 bits per heavy atom. The second-order valence-electron chi connectivity index (χ2n) is 10.6. The number of fused-ring (bicyclic) bond motifs is 1. The second kappa shape index (κ2) is 11.8. The lowest BCUT2D eigenvalue weighted by molar-refractivity contribution is -0.139. The molecule has 0 aromatic heterocycles. The van der Waals surface area contributed by atoms with E-state index < -0.39 is 36.5 Å². The number of ether oxygens (including phenoxy) is 1. The van der Waals surface area contributed by atoms with Crippen molar-refractivity contribution in [3.8, 4) is 0 Å². The summed E-state index contributed by atoms with van der Waals surface area (Å²) in [5.74, 6) is -2.13. The fourth-order valence-electron chi connectivity index (χ4n) is 4.61. The smallest absolute Gasteiger partial charge is 0.323 e. The molecule has 0 aliphatic carbocycles. The fraction of sp³-hybridized carbons (Fsp3) is 0.300. The van der Waals surface area contributed by atoms with Gasteiger partial charge in [0.05, 0.1) is 6.42 Å². The van der Waals surface area contributed by atoms with Gasteiger partial charge in [0, 0.05) is 39.1 Å². The molecule has 3 aromatic carbocycles. The summed E-state index contributed by atoms with van der Waals surface area (Å²) >= 11 is 13.0. The van der Waals surface area contributed by atoms with E-state index in [1.807, 2.05) is 26.8 Å². The highest BCUT2D eigenvalue weighted by Crippen LogP contribution is 2.42. The normalized spacial score (nSPS) is 17.4. The van der Waals surface area contributed by atoms with Crippen LogP contribution in [0.3, 0.4) is 0 Å². The summed E-state index contributed by atoms with van der Waals surface area (Å²) in [5, 5.41) is 10.4. The molecule has 3 aromatic rings. The number of para-hydroxylation sites is 1. The topological polar surface area (TPSA) is 87.2 Å². The summed E-state index contributed by atoms with van der Waals surface area (Å²) in [6.07, 6.45) is -2.39. The van der Waals surface area contributed by atoms with E-state index in [2.05, 4.69) is 0 Å². The molecule has 4 rings (SSSR count). The van der Waals surface area contributed by atoms with Crippen LogP contribution >= 0.6 is 23.2 Å². The monoisotopic (exact) mass is 568 g/mol. The lowest BCUT2D eigenvalue weighted by Gasteiger charge is -2.31. The van der Waals surface area contributed by atoms with Gasteiger partial charge in [-0.1, -0.05) is 80.4 Å². The van der Waals surface area contributed by atoms with E-state index in [-0.39, 0.29) is 11.8 Å². The molecular weight excluding hydrogens is 539 g/mol. The number of amides is 2. The summed E-state index contributed by atoms with van der Waals surface area (Å²) in [4.78, 5) is 42.1. The molecule has 2 unspecified atom stereocenters. The lowest BCUT2D eigenvalue weighted by atomic mass is 9.94. The number of carboxylic acids is 1. The van der Waals surface area contributed by atoms with Crippen LogP contribution in [0.15, 0.2) is 72.8 Å². The molecule has 0 spiro atoms.